The Hall–Kier alpha value is -2.82. The SMILES string of the molecule is CC(F)(F)c1[nH]ncc1C(NCC1CCC(c2ccccc2)CC1)c1nnnn1CC(F)F. The highest BCUT2D eigenvalue weighted by Crippen LogP contribution is 2.37. The van der Waals surface area contributed by atoms with Crippen LogP contribution in [0.2, 0.25) is 0 Å². The summed E-state index contributed by atoms with van der Waals surface area (Å²) >= 11 is 0. The van der Waals surface area contributed by atoms with Crippen molar-refractivity contribution in [3.63, 3.8) is 0 Å². The Balaban J connectivity index is 1.50. The molecule has 1 saturated carbocycles. The smallest absolute Gasteiger partial charge is 0.286 e. The number of rotatable bonds is 9. The van der Waals surface area contributed by atoms with Gasteiger partial charge in [0.15, 0.2) is 5.82 Å². The Bertz CT molecular complexity index is 1010. The van der Waals surface area contributed by atoms with Crippen LogP contribution in [0, 0.1) is 5.92 Å². The fourth-order valence-corrected chi connectivity index (χ4v) is 4.59. The van der Waals surface area contributed by atoms with Crippen LogP contribution in [0.15, 0.2) is 36.5 Å². The number of alkyl halides is 4. The number of nitrogens with zero attached hydrogens (tertiary/aromatic N) is 5. The molecule has 0 radical (unpaired) electrons. The molecule has 7 nitrogen and oxygen atoms in total. The molecule has 0 aliphatic heterocycles. The van der Waals surface area contributed by atoms with Gasteiger partial charge in [0.1, 0.15) is 12.2 Å². The average Bonchev–Trinajstić information content (AvgIpc) is 3.45. The molecule has 33 heavy (non-hydrogen) atoms. The fraction of sp³-hybridized carbons (Fsp3) is 0.545. The van der Waals surface area contributed by atoms with Crippen molar-refractivity contribution >= 4 is 0 Å². The summed E-state index contributed by atoms with van der Waals surface area (Å²) in [5, 5.41) is 20.4. The zero-order valence-electron chi connectivity index (χ0n) is 18.3. The van der Waals surface area contributed by atoms with Crippen LogP contribution < -0.4 is 5.32 Å². The first-order valence-electron chi connectivity index (χ1n) is 11.1. The van der Waals surface area contributed by atoms with E-state index >= 15 is 0 Å². The second-order valence-electron chi connectivity index (χ2n) is 8.67. The molecule has 1 atom stereocenters. The number of hydrogen-bond acceptors (Lipinski definition) is 5. The number of benzene rings is 1. The van der Waals surface area contributed by atoms with Crippen molar-refractivity contribution in [2.45, 2.75) is 63.5 Å². The Morgan fingerprint density at radius 1 is 1.15 bits per heavy atom. The molecular formula is C22H27F4N7. The largest absolute Gasteiger partial charge is 0.303 e. The molecular weight excluding hydrogens is 438 g/mol. The zero-order chi connectivity index (χ0) is 23.4. The molecule has 0 bridgehead atoms. The first kappa shape index (κ1) is 23.3. The summed E-state index contributed by atoms with van der Waals surface area (Å²) in [5.74, 6) is -2.30. The lowest BCUT2D eigenvalue weighted by atomic mass is 9.78. The predicted molar refractivity (Wildman–Crippen MR) is 113 cm³/mol. The van der Waals surface area contributed by atoms with Crippen molar-refractivity contribution in [3.8, 4) is 0 Å². The average molecular weight is 465 g/mol. The van der Waals surface area contributed by atoms with Crippen LogP contribution in [0.4, 0.5) is 17.6 Å². The van der Waals surface area contributed by atoms with Gasteiger partial charge >= 0.3 is 0 Å². The molecule has 1 fully saturated rings. The molecule has 1 aliphatic rings. The lowest BCUT2D eigenvalue weighted by molar-refractivity contribution is 0.0113. The topological polar surface area (TPSA) is 84.3 Å². The predicted octanol–water partition coefficient (Wildman–Crippen LogP) is 4.43. The highest BCUT2D eigenvalue weighted by Gasteiger charge is 2.35. The van der Waals surface area contributed by atoms with Crippen molar-refractivity contribution < 1.29 is 17.6 Å². The van der Waals surface area contributed by atoms with Gasteiger partial charge < -0.3 is 5.32 Å². The normalized spacial score (nSPS) is 20.3. The molecule has 1 aromatic carbocycles. The summed E-state index contributed by atoms with van der Waals surface area (Å²) in [6, 6.07) is 9.49. The van der Waals surface area contributed by atoms with Gasteiger partial charge in [0.2, 0.25) is 0 Å². The second-order valence-corrected chi connectivity index (χ2v) is 8.67. The monoisotopic (exact) mass is 465 g/mol. The molecule has 11 heteroatoms. The quantitative estimate of drug-likeness (QED) is 0.457. The third-order valence-corrected chi connectivity index (χ3v) is 6.28. The number of halogens is 4. The van der Waals surface area contributed by atoms with E-state index in [1.54, 1.807) is 0 Å². The Morgan fingerprint density at radius 3 is 2.55 bits per heavy atom. The minimum atomic E-state index is -3.19. The number of H-pyrrole nitrogens is 1. The Labute approximate surface area is 189 Å². The van der Waals surface area contributed by atoms with Gasteiger partial charge in [0.25, 0.3) is 12.3 Å². The van der Waals surface area contributed by atoms with Crippen molar-refractivity contribution in [1.29, 1.82) is 0 Å². The van der Waals surface area contributed by atoms with Gasteiger partial charge in [-0.25, -0.2) is 13.5 Å². The van der Waals surface area contributed by atoms with E-state index in [4.69, 9.17) is 0 Å². The first-order chi connectivity index (χ1) is 15.8. The van der Waals surface area contributed by atoms with E-state index < -0.39 is 24.9 Å². The lowest BCUT2D eigenvalue weighted by Gasteiger charge is -2.30. The molecule has 1 aliphatic carbocycles. The molecule has 2 N–H and O–H groups in total. The number of nitrogens with one attached hydrogen (secondary N) is 2. The number of tetrazole rings is 1. The maximum Gasteiger partial charge on any atom is 0.286 e. The highest BCUT2D eigenvalue weighted by atomic mass is 19.3. The van der Waals surface area contributed by atoms with Crippen LogP contribution in [-0.2, 0) is 12.5 Å². The Kier molecular flexibility index (Phi) is 7.06. The summed E-state index contributed by atoms with van der Waals surface area (Å²) in [6.07, 6.45) is 2.62. The number of hydrogen-bond donors (Lipinski definition) is 2. The van der Waals surface area contributed by atoms with E-state index in [0.717, 1.165) is 37.3 Å². The fourth-order valence-electron chi connectivity index (χ4n) is 4.59. The van der Waals surface area contributed by atoms with Gasteiger partial charge in [0.05, 0.1) is 12.2 Å². The van der Waals surface area contributed by atoms with Gasteiger partial charge in [-0.1, -0.05) is 30.3 Å². The van der Waals surface area contributed by atoms with Crippen molar-refractivity contribution in [3.05, 3.63) is 59.2 Å². The number of aromatic nitrogens is 6. The van der Waals surface area contributed by atoms with Crippen LogP contribution in [0.5, 0.6) is 0 Å². The van der Waals surface area contributed by atoms with E-state index in [0.29, 0.717) is 18.4 Å². The molecule has 0 saturated heterocycles. The van der Waals surface area contributed by atoms with Crippen LogP contribution in [0.1, 0.15) is 67.2 Å². The summed E-state index contributed by atoms with van der Waals surface area (Å²) < 4.78 is 55.4. The summed E-state index contributed by atoms with van der Waals surface area (Å²) in [5.41, 5.74) is 1.09. The molecule has 4 rings (SSSR count). The molecule has 3 aromatic rings. The number of aromatic amines is 1. The van der Waals surface area contributed by atoms with Gasteiger partial charge in [-0.3, -0.25) is 5.10 Å². The van der Waals surface area contributed by atoms with Gasteiger partial charge in [-0.2, -0.15) is 13.9 Å². The maximum atomic E-state index is 14.2. The van der Waals surface area contributed by atoms with Crippen molar-refractivity contribution in [2.24, 2.45) is 5.92 Å². The molecule has 2 heterocycles. The van der Waals surface area contributed by atoms with E-state index in [9.17, 15) is 17.6 Å². The standard InChI is InChI=1S/C22H27F4N7/c1-22(25,26)20-17(12-28-29-20)19(21-30-31-32-33(21)13-18(23)24)27-11-14-7-9-16(10-8-14)15-5-3-2-4-6-15/h2-6,12,14,16,18-19,27H,7-11,13H2,1H3,(H,28,29). The van der Waals surface area contributed by atoms with Crippen LogP contribution in [-0.4, -0.2) is 43.4 Å². The molecule has 178 valence electrons. The van der Waals surface area contributed by atoms with Crippen molar-refractivity contribution in [1.82, 2.24) is 35.7 Å². The zero-order valence-corrected chi connectivity index (χ0v) is 18.3. The van der Waals surface area contributed by atoms with Crippen LogP contribution >= 0.6 is 0 Å². The molecule has 1 unspecified atom stereocenters. The van der Waals surface area contributed by atoms with Crippen LogP contribution in [0.3, 0.4) is 0 Å². The minimum Gasteiger partial charge on any atom is -0.303 e. The second kappa shape index (κ2) is 9.98. The third kappa shape index (κ3) is 5.58. The van der Waals surface area contributed by atoms with E-state index in [-0.39, 0.29) is 17.1 Å². The summed E-state index contributed by atoms with van der Waals surface area (Å²) in [4.78, 5) is 0. The minimum absolute atomic E-state index is 0.0557. The lowest BCUT2D eigenvalue weighted by Crippen LogP contribution is -2.33. The van der Waals surface area contributed by atoms with Gasteiger partial charge in [-0.15, -0.1) is 5.10 Å². The van der Waals surface area contributed by atoms with Crippen molar-refractivity contribution in [2.75, 3.05) is 6.54 Å². The van der Waals surface area contributed by atoms with Gasteiger partial charge in [0, 0.05) is 12.5 Å². The summed E-state index contributed by atoms with van der Waals surface area (Å²) in [7, 11) is 0. The molecule has 2 aromatic heterocycles. The highest BCUT2D eigenvalue weighted by molar-refractivity contribution is 5.29. The van der Waals surface area contributed by atoms with Gasteiger partial charge in [-0.05, 0) is 60.1 Å². The Morgan fingerprint density at radius 2 is 1.88 bits per heavy atom. The first-order valence-corrected chi connectivity index (χ1v) is 11.1. The molecule has 0 amide bonds. The summed E-state index contributed by atoms with van der Waals surface area (Å²) in [6.45, 7) is 0.556. The maximum absolute atomic E-state index is 14.2. The van der Waals surface area contributed by atoms with E-state index in [1.165, 1.54) is 11.8 Å². The van der Waals surface area contributed by atoms with E-state index in [1.807, 2.05) is 18.2 Å². The third-order valence-electron chi connectivity index (χ3n) is 6.28. The molecule has 0 spiro atoms. The van der Waals surface area contributed by atoms with Crippen LogP contribution in [0.25, 0.3) is 0 Å². The van der Waals surface area contributed by atoms with E-state index in [2.05, 4.69) is 43.2 Å².